The van der Waals surface area contributed by atoms with Gasteiger partial charge in [0, 0.05) is 27.2 Å². The first-order valence-electron chi connectivity index (χ1n) is 9.34. The summed E-state index contributed by atoms with van der Waals surface area (Å²) in [5, 5.41) is 6.73. The van der Waals surface area contributed by atoms with E-state index in [2.05, 4.69) is 46.8 Å². The van der Waals surface area contributed by atoms with Crippen LogP contribution >= 0.6 is 24.0 Å². The monoisotopic (exact) mass is 497 g/mol. The van der Waals surface area contributed by atoms with Gasteiger partial charge in [0.1, 0.15) is 0 Å². The van der Waals surface area contributed by atoms with Gasteiger partial charge in [0.2, 0.25) is 0 Å². The molecule has 2 aromatic rings. The van der Waals surface area contributed by atoms with Crippen molar-refractivity contribution in [2.75, 3.05) is 27.3 Å². The lowest BCUT2D eigenvalue weighted by Gasteiger charge is -2.17. The van der Waals surface area contributed by atoms with Gasteiger partial charge in [-0.25, -0.2) is 0 Å². The molecule has 2 aromatic carbocycles. The van der Waals surface area contributed by atoms with Crippen molar-refractivity contribution in [2.24, 2.45) is 10.9 Å². The lowest BCUT2D eigenvalue weighted by atomic mass is 10.1. The first kappa shape index (κ1) is 24.4. The van der Waals surface area contributed by atoms with Gasteiger partial charge in [0.25, 0.3) is 0 Å². The van der Waals surface area contributed by atoms with E-state index in [1.165, 1.54) is 16.7 Å². The molecule has 0 aliphatic rings. The number of hydrogen-bond acceptors (Lipinski definition) is 3. The molecule has 6 heteroatoms. The van der Waals surface area contributed by atoms with Crippen LogP contribution in [0.25, 0.3) is 0 Å². The Labute approximate surface area is 186 Å². The van der Waals surface area contributed by atoms with Crippen molar-refractivity contribution in [3.05, 3.63) is 71.3 Å². The molecular weight excluding hydrogens is 465 g/mol. The number of rotatable bonds is 10. The van der Waals surface area contributed by atoms with E-state index in [-0.39, 0.29) is 24.0 Å². The van der Waals surface area contributed by atoms with Gasteiger partial charge in [-0.3, -0.25) is 4.99 Å². The Bertz CT molecular complexity index is 695. The molecule has 2 N–H and O–H groups in total. The number of hydrogen-bond donors (Lipinski definition) is 2. The Hall–Kier alpha value is -1.64. The lowest BCUT2D eigenvalue weighted by molar-refractivity contribution is 0.0931. The highest BCUT2D eigenvalue weighted by atomic mass is 127. The zero-order valence-electron chi connectivity index (χ0n) is 17.0. The summed E-state index contributed by atoms with van der Waals surface area (Å²) in [4.78, 5) is 4.30. The van der Waals surface area contributed by atoms with Crippen LogP contribution in [-0.4, -0.2) is 33.3 Å². The van der Waals surface area contributed by atoms with E-state index in [4.69, 9.17) is 9.47 Å². The number of benzene rings is 2. The Kier molecular flexibility index (Phi) is 12.5. The Morgan fingerprint density at radius 2 is 1.64 bits per heavy atom. The minimum Gasteiger partial charge on any atom is -0.380 e. The van der Waals surface area contributed by atoms with Crippen LogP contribution in [0, 0.1) is 5.92 Å². The van der Waals surface area contributed by atoms with Gasteiger partial charge in [-0.05, 0) is 22.6 Å². The first-order valence-corrected chi connectivity index (χ1v) is 9.34. The van der Waals surface area contributed by atoms with Gasteiger partial charge < -0.3 is 20.1 Å². The number of aliphatic imine (C=N–C) groups is 1. The fraction of sp³-hybridized carbons (Fsp3) is 0.409. The maximum absolute atomic E-state index is 5.81. The van der Waals surface area contributed by atoms with Gasteiger partial charge in [-0.15, -0.1) is 24.0 Å². The molecule has 0 saturated carbocycles. The second-order valence-corrected chi connectivity index (χ2v) is 6.61. The standard InChI is InChI=1S/C22H31N3O2.HI/c1-18(15-27-16-19-9-5-4-6-10-19)13-24-22(23-2)25-14-20-11-7-8-12-21(20)17-26-3;/h4-12,18H,13-17H2,1-3H3,(H2,23,24,25);1H. The quantitative estimate of drug-likeness (QED) is 0.297. The van der Waals surface area contributed by atoms with Crippen LogP contribution in [0.4, 0.5) is 0 Å². The van der Waals surface area contributed by atoms with Crippen LogP contribution in [0.1, 0.15) is 23.6 Å². The van der Waals surface area contributed by atoms with Crippen molar-refractivity contribution in [1.82, 2.24) is 10.6 Å². The molecule has 0 radical (unpaired) electrons. The normalized spacial score (nSPS) is 12.2. The van der Waals surface area contributed by atoms with Crippen LogP contribution in [0.15, 0.2) is 59.6 Å². The first-order chi connectivity index (χ1) is 13.2. The highest BCUT2D eigenvalue weighted by molar-refractivity contribution is 14.0. The molecule has 1 unspecified atom stereocenters. The van der Waals surface area contributed by atoms with Crippen LogP contribution in [0.2, 0.25) is 0 Å². The third kappa shape index (κ3) is 9.03. The van der Waals surface area contributed by atoms with Gasteiger partial charge in [0.05, 0.1) is 19.8 Å². The maximum atomic E-state index is 5.81. The fourth-order valence-electron chi connectivity index (χ4n) is 2.71. The molecule has 0 aliphatic carbocycles. The molecule has 0 aliphatic heterocycles. The van der Waals surface area contributed by atoms with Crippen molar-refractivity contribution in [2.45, 2.75) is 26.7 Å². The van der Waals surface area contributed by atoms with E-state index >= 15 is 0 Å². The maximum Gasteiger partial charge on any atom is 0.191 e. The Morgan fingerprint density at radius 3 is 2.32 bits per heavy atom. The molecule has 154 valence electrons. The molecular formula is C22H32IN3O2. The van der Waals surface area contributed by atoms with Crippen LogP contribution in [-0.2, 0) is 29.2 Å². The Morgan fingerprint density at radius 1 is 0.964 bits per heavy atom. The number of ether oxygens (including phenoxy) is 2. The molecule has 0 fully saturated rings. The van der Waals surface area contributed by atoms with Crippen molar-refractivity contribution in [3.8, 4) is 0 Å². The summed E-state index contributed by atoms with van der Waals surface area (Å²) in [5.74, 6) is 1.17. The minimum absolute atomic E-state index is 0. The average Bonchev–Trinajstić information content (AvgIpc) is 2.70. The van der Waals surface area contributed by atoms with Gasteiger partial charge in [-0.2, -0.15) is 0 Å². The molecule has 0 bridgehead atoms. The predicted molar refractivity (Wildman–Crippen MR) is 126 cm³/mol. The highest BCUT2D eigenvalue weighted by Gasteiger charge is 2.06. The van der Waals surface area contributed by atoms with E-state index in [1.54, 1.807) is 14.2 Å². The number of guanidine groups is 1. The van der Waals surface area contributed by atoms with Gasteiger partial charge in [0.15, 0.2) is 5.96 Å². The zero-order chi connectivity index (χ0) is 19.3. The average molecular weight is 497 g/mol. The second kappa shape index (κ2) is 14.4. The summed E-state index contributed by atoms with van der Waals surface area (Å²) in [6.45, 7) is 5.63. The van der Waals surface area contributed by atoms with Crippen LogP contribution in [0.3, 0.4) is 0 Å². The van der Waals surface area contributed by atoms with E-state index in [0.717, 1.165) is 12.5 Å². The summed E-state index contributed by atoms with van der Waals surface area (Å²) in [6, 6.07) is 18.5. The lowest BCUT2D eigenvalue weighted by Crippen LogP contribution is -2.39. The number of nitrogens with one attached hydrogen (secondary N) is 2. The molecule has 28 heavy (non-hydrogen) atoms. The zero-order valence-corrected chi connectivity index (χ0v) is 19.3. The molecule has 0 aromatic heterocycles. The number of halogens is 1. The highest BCUT2D eigenvalue weighted by Crippen LogP contribution is 2.09. The van der Waals surface area contributed by atoms with Crippen LogP contribution in [0.5, 0.6) is 0 Å². The predicted octanol–water partition coefficient (Wildman–Crippen LogP) is 3.97. The van der Waals surface area contributed by atoms with Crippen molar-refractivity contribution in [1.29, 1.82) is 0 Å². The van der Waals surface area contributed by atoms with Crippen LogP contribution < -0.4 is 10.6 Å². The van der Waals surface area contributed by atoms with Crippen molar-refractivity contribution in [3.63, 3.8) is 0 Å². The summed E-state index contributed by atoms with van der Waals surface area (Å²) in [5.41, 5.74) is 3.59. The van der Waals surface area contributed by atoms with E-state index in [9.17, 15) is 0 Å². The summed E-state index contributed by atoms with van der Waals surface area (Å²) in [6.07, 6.45) is 0. The number of nitrogens with zero attached hydrogens (tertiary/aromatic N) is 1. The van der Waals surface area contributed by atoms with E-state index < -0.39 is 0 Å². The molecule has 1 atom stereocenters. The molecule has 0 heterocycles. The third-order valence-corrected chi connectivity index (χ3v) is 4.22. The van der Waals surface area contributed by atoms with Crippen molar-refractivity contribution >= 4 is 29.9 Å². The van der Waals surface area contributed by atoms with Gasteiger partial charge in [-0.1, -0.05) is 61.5 Å². The topological polar surface area (TPSA) is 54.9 Å². The van der Waals surface area contributed by atoms with E-state index in [0.29, 0.717) is 32.3 Å². The smallest absolute Gasteiger partial charge is 0.191 e. The summed E-state index contributed by atoms with van der Waals surface area (Å²) >= 11 is 0. The summed E-state index contributed by atoms with van der Waals surface area (Å²) < 4.78 is 11.1. The number of methoxy groups -OCH3 is 1. The largest absolute Gasteiger partial charge is 0.380 e. The molecule has 2 rings (SSSR count). The SMILES string of the molecule is CN=C(NCc1ccccc1COC)NCC(C)COCc1ccccc1.I. The molecule has 0 amide bonds. The minimum atomic E-state index is 0. The van der Waals surface area contributed by atoms with E-state index in [1.807, 2.05) is 30.3 Å². The van der Waals surface area contributed by atoms with Gasteiger partial charge >= 0.3 is 0 Å². The summed E-state index contributed by atoms with van der Waals surface area (Å²) in [7, 11) is 3.50. The second-order valence-electron chi connectivity index (χ2n) is 6.61. The molecule has 0 saturated heterocycles. The van der Waals surface area contributed by atoms with Crippen molar-refractivity contribution < 1.29 is 9.47 Å². The molecule has 5 nitrogen and oxygen atoms in total. The third-order valence-electron chi connectivity index (χ3n) is 4.22. The Balaban J connectivity index is 0.00000392. The molecule has 0 spiro atoms. The fourth-order valence-corrected chi connectivity index (χ4v) is 2.71.